The van der Waals surface area contributed by atoms with E-state index in [0.29, 0.717) is 5.82 Å². The number of para-hydroxylation sites is 2. The number of rotatable bonds is 4. The molecular formula is C48H30N4. The van der Waals surface area contributed by atoms with E-state index in [0.717, 1.165) is 39.3 Å². The Morgan fingerprint density at radius 1 is 0.346 bits per heavy atom. The highest BCUT2D eigenvalue weighted by Gasteiger charge is 2.20. The fourth-order valence-electron chi connectivity index (χ4n) is 8.17. The van der Waals surface area contributed by atoms with Crippen molar-refractivity contribution in [3.8, 4) is 39.6 Å². The third-order valence-electron chi connectivity index (χ3n) is 10.5. The molecule has 4 aromatic heterocycles. The summed E-state index contributed by atoms with van der Waals surface area (Å²) < 4.78 is 4.92. The van der Waals surface area contributed by atoms with Crippen molar-refractivity contribution in [2.45, 2.75) is 0 Å². The van der Waals surface area contributed by atoms with Crippen LogP contribution in [0.15, 0.2) is 182 Å². The van der Waals surface area contributed by atoms with Crippen molar-refractivity contribution in [2.24, 2.45) is 0 Å². The summed E-state index contributed by atoms with van der Waals surface area (Å²) in [6.07, 6.45) is 0. The highest BCUT2D eigenvalue weighted by atomic mass is 15.0. The van der Waals surface area contributed by atoms with Gasteiger partial charge in [-0.15, -0.1) is 0 Å². The highest BCUT2D eigenvalue weighted by molar-refractivity contribution is 6.22. The van der Waals surface area contributed by atoms with E-state index in [1.807, 2.05) is 12.1 Å². The Bertz CT molecular complexity index is 3110. The maximum absolute atomic E-state index is 5.17. The molecule has 0 saturated carbocycles. The number of aromatic nitrogens is 4. The van der Waals surface area contributed by atoms with Crippen LogP contribution in [0.1, 0.15) is 0 Å². The smallest absolute Gasteiger partial charge is 0.160 e. The maximum atomic E-state index is 5.17. The number of pyridine rings is 1. The second-order valence-corrected chi connectivity index (χ2v) is 13.4. The van der Waals surface area contributed by atoms with E-state index in [1.54, 1.807) is 0 Å². The average Bonchev–Trinajstić information content (AvgIpc) is 3.78. The minimum atomic E-state index is 0.693. The summed E-state index contributed by atoms with van der Waals surface area (Å²) in [7, 11) is 0. The number of hydrogen-bond donors (Lipinski definition) is 0. The molecular weight excluding hydrogens is 633 g/mol. The molecule has 0 radical (unpaired) electrons. The zero-order valence-corrected chi connectivity index (χ0v) is 28.1. The van der Waals surface area contributed by atoms with Gasteiger partial charge in [0.25, 0.3) is 0 Å². The molecule has 4 nitrogen and oxygen atoms in total. The number of hydrogen-bond acceptors (Lipinski definition) is 2. The Kier molecular flexibility index (Phi) is 6.22. The summed E-state index contributed by atoms with van der Waals surface area (Å²) in [5.41, 5.74) is 11.9. The number of fused-ring (bicyclic) bond motifs is 12. The Labute approximate surface area is 299 Å². The lowest BCUT2D eigenvalue weighted by Gasteiger charge is -2.14. The second kappa shape index (κ2) is 11.2. The van der Waals surface area contributed by atoms with Gasteiger partial charge in [-0.1, -0.05) is 146 Å². The van der Waals surface area contributed by atoms with Crippen LogP contribution in [0.5, 0.6) is 0 Å². The van der Waals surface area contributed by atoms with E-state index >= 15 is 0 Å². The zero-order valence-electron chi connectivity index (χ0n) is 28.1. The van der Waals surface area contributed by atoms with Crippen LogP contribution in [0.3, 0.4) is 0 Å². The molecule has 7 aromatic carbocycles. The lowest BCUT2D eigenvalue weighted by molar-refractivity contribution is 1.16. The molecule has 0 unspecified atom stereocenters. The van der Waals surface area contributed by atoms with Crippen LogP contribution >= 0.6 is 0 Å². The van der Waals surface area contributed by atoms with Gasteiger partial charge in [0, 0.05) is 49.3 Å². The van der Waals surface area contributed by atoms with Crippen molar-refractivity contribution in [1.29, 1.82) is 0 Å². The Balaban J connectivity index is 1.22. The van der Waals surface area contributed by atoms with Gasteiger partial charge in [-0.3, -0.25) is 0 Å². The molecule has 4 heteroatoms. The average molecular weight is 663 g/mol. The number of benzene rings is 7. The van der Waals surface area contributed by atoms with Crippen molar-refractivity contribution in [3.05, 3.63) is 182 Å². The topological polar surface area (TPSA) is 35.1 Å². The summed E-state index contributed by atoms with van der Waals surface area (Å²) >= 11 is 0. The summed E-state index contributed by atoms with van der Waals surface area (Å²) in [6, 6.07) is 64.8. The van der Waals surface area contributed by atoms with Crippen molar-refractivity contribution >= 4 is 59.9 Å². The van der Waals surface area contributed by atoms with E-state index in [2.05, 4.69) is 179 Å². The first-order chi connectivity index (χ1) is 25.8. The zero-order chi connectivity index (χ0) is 34.2. The van der Waals surface area contributed by atoms with Crippen molar-refractivity contribution < 1.29 is 0 Å². The first-order valence-electron chi connectivity index (χ1n) is 17.7. The number of nitrogens with zero attached hydrogens (tertiary/aromatic N) is 4. The fourth-order valence-corrected chi connectivity index (χ4v) is 8.17. The predicted molar refractivity (Wildman–Crippen MR) is 216 cm³/mol. The molecule has 0 amide bonds. The highest BCUT2D eigenvalue weighted by Crippen LogP contribution is 2.41. The summed E-state index contributed by atoms with van der Waals surface area (Å²) in [5, 5.41) is 7.42. The summed E-state index contributed by atoms with van der Waals surface area (Å²) in [6.45, 7) is 0. The van der Waals surface area contributed by atoms with Gasteiger partial charge < -0.3 is 8.97 Å². The SMILES string of the molecule is c1ccc(-c2cc(-c3ccccc3)nc(-c3cccc(-n4c5ccccc5c5ccc6cc7c8ccccc8c8ccccc8n7c6c54)c3)n2)cc1. The first kappa shape index (κ1) is 28.8. The molecule has 52 heavy (non-hydrogen) atoms. The van der Waals surface area contributed by atoms with Crippen LogP contribution < -0.4 is 0 Å². The quantitative estimate of drug-likeness (QED) is 0.176. The first-order valence-corrected chi connectivity index (χ1v) is 17.7. The van der Waals surface area contributed by atoms with E-state index in [1.165, 1.54) is 54.4 Å². The van der Waals surface area contributed by atoms with E-state index in [9.17, 15) is 0 Å². The Morgan fingerprint density at radius 2 is 0.904 bits per heavy atom. The molecule has 4 heterocycles. The van der Waals surface area contributed by atoms with Gasteiger partial charge in [-0.25, -0.2) is 9.97 Å². The van der Waals surface area contributed by atoms with Gasteiger partial charge in [-0.05, 0) is 41.8 Å². The van der Waals surface area contributed by atoms with E-state index < -0.39 is 0 Å². The minimum Gasteiger partial charge on any atom is -0.307 e. The summed E-state index contributed by atoms with van der Waals surface area (Å²) in [4.78, 5) is 10.3. The maximum Gasteiger partial charge on any atom is 0.160 e. The largest absolute Gasteiger partial charge is 0.307 e. The molecule has 11 rings (SSSR count). The Hall–Kier alpha value is -7.04. The van der Waals surface area contributed by atoms with Gasteiger partial charge in [0.15, 0.2) is 5.82 Å². The van der Waals surface area contributed by atoms with Crippen LogP contribution in [0.2, 0.25) is 0 Å². The van der Waals surface area contributed by atoms with Crippen LogP contribution in [-0.2, 0) is 0 Å². The van der Waals surface area contributed by atoms with Gasteiger partial charge in [0.2, 0.25) is 0 Å². The van der Waals surface area contributed by atoms with Crippen molar-refractivity contribution in [1.82, 2.24) is 18.9 Å². The molecule has 0 spiro atoms. The molecule has 0 atom stereocenters. The van der Waals surface area contributed by atoms with Gasteiger partial charge in [0.1, 0.15) is 0 Å². The van der Waals surface area contributed by atoms with Crippen LogP contribution in [-0.4, -0.2) is 18.9 Å². The lowest BCUT2D eigenvalue weighted by atomic mass is 10.1. The molecule has 0 bridgehead atoms. The molecule has 0 saturated heterocycles. The van der Waals surface area contributed by atoms with E-state index in [-0.39, 0.29) is 0 Å². The second-order valence-electron chi connectivity index (χ2n) is 13.4. The van der Waals surface area contributed by atoms with E-state index in [4.69, 9.17) is 9.97 Å². The third kappa shape index (κ3) is 4.28. The third-order valence-corrected chi connectivity index (χ3v) is 10.5. The van der Waals surface area contributed by atoms with Crippen LogP contribution in [0.4, 0.5) is 0 Å². The van der Waals surface area contributed by atoms with Gasteiger partial charge in [0.05, 0.1) is 39.0 Å². The van der Waals surface area contributed by atoms with Crippen molar-refractivity contribution in [3.63, 3.8) is 0 Å². The van der Waals surface area contributed by atoms with Gasteiger partial charge in [-0.2, -0.15) is 0 Å². The van der Waals surface area contributed by atoms with Gasteiger partial charge >= 0.3 is 0 Å². The standard InChI is InChI=1S/C48H30N4/c1-3-14-31(15-4-1)41-30-42(32-16-5-2-6-17-32)50-48(49-41)34-18-13-19-35(28-34)51-43-24-11-10-23-39(43)40-27-26-33-29-45-38-22-8-7-20-36(38)37-21-9-12-25-44(37)52(45)46(33)47(40)51/h1-30H. The van der Waals surface area contributed by atoms with Crippen LogP contribution in [0.25, 0.3) is 99.5 Å². The monoisotopic (exact) mass is 662 g/mol. The Morgan fingerprint density at radius 3 is 1.60 bits per heavy atom. The molecule has 0 aliphatic heterocycles. The van der Waals surface area contributed by atoms with Crippen LogP contribution in [0, 0.1) is 0 Å². The minimum absolute atomic E-state index is 0.693. The summed E-state index contributed by atoms with van der Waals surface area (Å²) in [5.74, 6) is 0.693. The molecule has 0 aliphatic rings. The molecule has 0 fully saturated rings. The lowest BCUT2D eigenvalue weighted by Crippen LogP contribution is -1.99. The molecule has 11 aromatic rings. The fraction of sp³-hybridized carbons (Fsp3) is 0. The predicted octanol–water partition coefficient (Wildman–Crippen LogP) is 12.3. The molecule has 0 N–H and O–H groups in total. The van der Waals surface area contributed by atoms with Crippen molar-refractivity contribution in [2.75, 3.05) is 0 Å². The normalized spacial score (nSPS) is 11.8. The molecule has 242 valence electrons. The molecule has 0 aliphatic carbocycles.